The maximum Gasteiger partial charge on any atom is 0.329 e. The number of fused-ring (bicyclic) bond motifs is 3. The normalized spacial score (nSPS) is 26.9. The molecule has 116 valence electrons. The standard InChI is InChI=1S/C18H20O4/c1-4-21-16(19)18-10-12(3)11(2)9-14(18)13-7-5-6-8-15(13)22-17(18)20/h5-8,14H,4,9-10H2,1-3H3/t14-,18-/m0/s1. The summed E-state index contributed by atoms with van der Waals surface area (Å²) < 4.78 is 10.7. The first-order chi connectivity index (χ1) is 10.5. The van der Waals surface area contributed by atoms with Crippen LogP contribution in [0.25, 0.3) is 0 Å². The molecule has 0 saturated carbocycles. The Labute approximate surface area is 130 Å². The van der Waals surface area contributed by atoms with E-state index in [-0.39, 0.29) is 12.5 Å². The van der Waals surface area contributed by atoms with Crippen LogP contribution in [0.3, 0.4) is 0 Å². The number of carbonyl (C=O) groups is 2. The van der Waals surface area contributed by atoms with Crippen molar-refractivity contribution < 1.29 is 19.1 Å². The Kier molecular flexibility index (Phi) is 3.55. The second kappa shape index (κ2) is 5.27. The Bertz CT molecular complexity index is 673. The van der Waals surface area contributed by atoms with Crippen molar-refractivity contribution in [2.24, 2.45) is 5.41 Å². The third-order valence-electron chi connectivity index (χ3n) is 4.88. The van der Waals surface area contributed by atoms with Crippen molar-refractivity contribution in [2.75, 3.05) is 6.61 Å². The van der Waals surface area contributed by atoms with Crippen LogP contribution in [0.4, 0.5) is 0 Å². The molecule has 1 aromatic rings. The number of hydrogen-bond acceptors (Lipinski definition) is 4. The first-order valence-corrected chi connectivity index (χ1v) is 7.64. The summed E-state index contributed by atoms with van der Waals surface area (Å²) in [7, 11) is 0. The second-order valence-corrected chi connectivity index (χ2v) is 6.11. The SMILES string of the molecule is CCOC(=O)[C@]12CC(C)=C(C)C[C@H]1c1ccccc1OC2=O. The van der Waals surface area contributed by atoms with Gasteiger partial charge in [0.25, 0.3) is 0 Å². The predicted molar refractivity (Wildman–Crippen MR) is 81.5 cm³/mol. The van der Waals surface area contributed by atoms with E-state index in [1.165, 1.54) is 5.57 Å². The first-order valence-electron chi connectivity index (χ1n) is 7.64. The number of ether oxygens (including phenoxy) is 2. The molecule has 1 aromatic carbocycles. The molecule has 0 bridgehead atoms. The summed E-state index contributed by atoms with van der Waals surface area (Å²) in [6.07, 6.45) is 1.05. The van der Waals surface area contributed by atoms with Gasteiger partial charge in [-0.05, 0) is 39.7 Å². The molecule has 2 atom stereocenters. The lowest BCUT2D eigenvalue weighted by Gasteiger charge is -2.44. The minimum Gasteiger partial charge on any atom is -0.465 e. The predicted octanol–water partition coefficient (Wildman–Crippen LogP) is 3.37. The van der Waals surface area contributed by atoms with Gasteiger partial charge in [-0.15, -0.1) is 0 Å². The van der Waals surface area contributed by atoms with Crippen LogP contribution in [0.5, 0.6) is 5.75 Å². The van der Waals surface area contributed by atoms with Gasteiger partial charge < -0.3 is 9.47 Å². The molecule has 0 N–H and O–H groups in total. The number of allylic oxidation sites excluding steroid dienone is 2. The van der Waals surface area contributed by atoms with Gasteiger partial charge in [-0.2, -0.15) is 0 Å². The van der Waals surface area contributed by atoms with Crippen LogP contribution in [0.2, 0.25) is 0 Å². The lowest BCUT2D eigenvalue weighted by Crippen LogP contribution is -2.52. The van der Waals surface area contributed by atoms with E-state index in [4.69, 9.17) is 9.47 Å². The van der Waals surface area contributed by atoms with Crippen LogP contribution in [0.15, 0.2) is 35.4 Å². The molecule has 0 aromatic heterocycles. The molecule has 3 rings (SSSR count). The van der Waals surface area contributed by atoms with Crippen LogP contribution in [0, 0.1) is 5.41 Å². The van der Waals surface area contributed by atoms with E-state index in [0.29, 0.717) is 18.6 Å². The molecule has 4 nitrogen and oxygen atoms in total. The molecule has 0 amide bonds. The molecule has 0 saturated heterocycles. The monoisotopic (exact) mass is 300 g/mol. The quantitative estimate of drug-likeness (QED) is 0.364. The van der Waals surface area contributed by atoms with E-state index in [2.05, 4.69) is 6.92 Å². The highest BCUT2D eigenvalue weighted by Gasteiger charge is 2.59. The third-order valence-corrected chi connectivity index (χ3v) is 4.88. The maximum absolute atomic E-state index is 12.7. The fourth-order valence-electron chi connectivity index (χ4n) is 3.55. The summed E-state index contributed by atoms with van der Waals surface area (Å²) in [4.78, 5) is 25.4. The lowest BCUT2D eigenvalue weighted by molar-refractivity contribution is -0.171. The zero-order valence-electron chi connectivity index (χ0n) is 13.1. The van der Waals surface area contributed by atoms with Gasteiger partial charge in [0.1, 0.15) is 5.75 Å². The van der Waals surface area contributed by atoms with Crippen LogP contribution >= 0.6 is 0 Å². The van der Waals surface area contributed by atoms with Crippen LogP contribution in [-0.2, 0) is 14.3 Å². The van der Waals surface area contributed by atoms with Crippen molar-refractivity contribution in [3.63, 3.8) is 0 Å². The third kappa shape index (κ3) is 1.97. The summed E-state index contributed by atoms with van der Waals surface area (Å²) in [5.41, 5.74) is 1.98. The van der Waals surface area contributed by atoms with E-state index < -0.39 is 17.4 Å². The zero-order chi connectivity index (χ0) is 15.9. The average molecular weight is 300 g/mol. The number of esters is 2. The van der Waals surface area contributed by atoms with Gasteiger partial charge in [0.15, 0.2) is 5.41 Å². The molecule has 1 aliphatic heterocycles. The summed E-state index contributed by atoms with van der Waals surface area (Å²) in [6, 6.07) is 7.46. The number of benzene rings is 1. The molecule has 2 aliphatic rings. The van der Waals surface area contributed by atoms with E-state index in [1.54, 1.807) is 13.0 Å². The number of para-hydroxylation sites is 1. The second-order valence-electron chi connectivity index (χ2n) is 6.11. The molecule has 22 heavy (non-hydrogen) atoms. The van der Waals surface area contributed by atoms with E-state index in [0.717, 1.165) is 11.1 Å². The van der Waals surface area contributed by atoms with Crippen LogP contribution in [-0.4, -0.2) is 18.5 Å². The van der Waals surface area contributed by atoms with Gasteiger partial charge in [0, 0.05) is 11.5 Å². The van der Waals surface area contributed by atoms with Gasteiger partial charge in [0.05, 0.1) is 6.61 Å². The van der Waals surface area contributed by atoms with Gasteiger partial charge in [-0.3, -0.25) is 9.59 Å². The largest absolute Gasteiger partial charge is 0.465 e. The number of rotatable bonds is 2. The van der Waals surface area contributed by atoms with E-state index in [9.17, 15) is 9.59 Å². The smallest absolute Gasteiger partial charge is 0.329 e. The lowest BCUT2D eigenvalue weighted by atomic mass is 9.61. The van der Waals surface area contributed by atoms with Gasteiger partial charge in [0.2, 0.25) is 0 Å². The highest BCUT2D eigenvalue weighted by Crippen LogP contribution is 2.55. The molecule has 1 heterocycles. The maximum atomic E-state index is 12.7. The van der Waals surface area contributed by atoms with Gasteiger partial charge in [-0.1, -0.05) is 29.3 Å². The Hall–Kier alpha value is -2.10. The molecule has 1 aliphatic carbocycles. The average Bonchev–Trinajstić information content (AvgIpc) is 2.49. The molecular weight excluding hydrogens is 280 g/mol. The zero-order valence-corrected chi connectivity index (χ0v) is 13.1. The van der Waals surface area contributed by atoms with E-state index in [1.807, 2.05) is 25.1 Å². The number of hydrogen-bond donors (Lipinski definition) is 0. The molecule has 0 fully saturated rings. The Morgan fingerprint density at radius 2 is 2.05 bits per heavy atom. The molecular formula is C18H20O4. The van der Waals surface area contributed by atoms with Crippen molar-refractivity contribution in [1.29, 1.82) is 0 Å². The summed E-state index contributed by atoms with van der Waals surface area (Å²) in [5.74, 6) is -0.606. The minimum absolute atomic E-state index is 0.215. The fourth-order valence-corrected chi connectivity index (χ4v) is 3.55. The Balaban J connectivity index is 2.19. The summed E-state index contributed by atoms with van der Waals surface area (Å²) >= 11 is 0. The molecule has 4 heteroatoms. The Morgan fingerprint density at radius 1 is 1.32 bits per heavy atom. The van der Waals surface area contributed by atoms with Crippen LogP contribution < -0.4 is 4.74 Å². The topological polar surface area (TPSA) is 52.6 Å². The molecule has 0 unspecified atom stereocenters. The van der Waals surface area contributed by atoms with Gasteiger partial charge >= 0.3 is 11.9 Å². The van der Waals surface area contributed by atoms with Crippen molar-refractivity contribution >= 4 is 11.9 Å². The van der Waals surface area contributed by atoms with Crippen molar-refractivity contribution in [2.45, 2.75) is 39.5 Å². The van der Waals surface area contributed by atoms with Crippen molar-refractivity contribution in [3.05, 3.63) is 41.0 Å². The van der Waals surface area contributed by atoms with Gasteiger partial charge in [-0.25, -0.2) is 0 Å². The van der Waals surface area contributed by atoms with Crippen molar-refractivity contribution in [3.8, 4) is 5.75 Å². The van der Waals surface area contributed by atoms with Crippen LogP contribution in [0.1, 0.15) is 45.1 Å². The minimum atomic E-state index is -1.24. The fraction of sp³-hybridized carbons (Fsp3) is 0.444. The number of carbonyl (C=O) groups excluding carboxylic acids is 2. The summed E-state index contributed by atoms with van der Waals surface area (Å²) in [6.45, 7) is 6.04. The highest BCUT2D eigenvalue weighted by molar-refractivity contribution is 6.04. The Morgan fingerprint density at radius 3 is 2.77 bits per heavy atom. The molecule has 0 spiro atoms. The van der Waals surface area contributed by atoms with E-state index >= 15 is 0 Å². The highest BCUT2D eigenvalue weighted by atomic mass is 16.6. The molecule has 0 radical (unpaired) electrons. The first kappa shape index (κ1) is 14.8. The van der Waals surface area contributed by atoms with Crippen molar-refractivity contribution in [1.82, 2.24) is 0 Å². The summed E-state index contributed by atoms with van der Waals surface area (Å²) in [5, 5.41) is 0.